The van der Waals surface area contributed by atoms with E-state index in [9.17, 15) is 0 Å². The van der Waals surface area contributed by atoms with Crippen LogP contribution in [0.15, 0.2) is 43.0 Å². The molecule has 0 atom stereocenters. The first-order valence-corrected chi connectivity index (χ1v) is 9.73. The number of anilines is 3. The minimum Gasteiger partial charge on any atom is -0.378 e. The summed E-state index contributed by atoms with van der Waals surface area (Å²) in [5, 5.41) is 1.11. The summed E-state index contributed by atoms with van der Waals surface area (Å²) in [7, 11) is 0. The monoisotopic (exact) mass is 377 g/mol. The van der Waals surface area contributed by atoms with Gasteiger partial charge in [-0.2, -0.15) is 0 Å². The lowest BCUT2D eigenvalue weighted by Crippen LogP contribution is -2.47. The molecule has 0 spiro atoms. The summed E-state index contributed by atoms with van der Waals surface area (Å²) in [6, 6.07) is 10.3. The van der Waals surface area contributed by atoms with Crippen LogP contribution in [0, 0.1) is 0 Å². The topological polar surface area (TPSA) is 70.5 Å². The van der Waals surface area contributed by atoms with Crippen molar-refractivity contribution in [3.63, 3.8) is 0 Å². The number of rotatable bonds is 3. The van der Waals surface area contributed by atoms with E-state index in [4.69, 9.17) is 4.74 Å². The van der Waals surface area contributed by atoms with Crippen molar-refractivity contribution in [3.05, 3.63) is 43.0 Å². The highest BCUT2D eigenvalue weighted by atomic mass is 16.5. The van der Waals surface area contributed by atoms with E-state index in [0.29, 0.717) is 0 Å². The molecule has 4 heterocycles. The third-order valence-corrected chi connectivity index (χ3v) is 5.40. The zero-order valence-corrected chi connectivity index (χ0v) is 15.7. The number of benzene rings is 1. The van der Waals surface area contributed by atoms with E-state index >= 15 is 0 Å². The molecule has 2 aliphatic rings. The number of hydrogen-bond acceptors (Lipinski definition) is 8. The Kier molecular flexibility index (Phi) is 4.62. The molecule has 0 amide bonds. The fourth-order valence-corrected chi connectivity index (χ4v) is 3.87. The van der Waals surface area contributed by atoms with Gasteiger partial charge >= 0.3 is 0 Å². The lowest BCUT2D eigenvalue weighted by molar-refractivity contribution is 0.122. The lowest BCUT2D eigenvalue weighted by Gasteiger charge is -2.36. The predicted octanol–water partition coefficient (Wildman–Crippen LogP) is 1.58. The van der Waals surface area contributed by atoms with E-state index in [2.05, 4.69) is 46.8 Å². The zero-order chi connectivity index (χ0) is 18.8. The van der Waals surface area contributed by atoms with Gasteiger partial charge in [-0.05, 0) is 12.1 Å². The van der Waals surface area contributed by atoms with Crippen molar-refractivity contribution < 1.29 is 4.74 Å². The molecular formula is C20H23N7O. The maximum Gasteiger partial charge on any atom is 0.140 e. The molecule has 1 aromatic carbocycles. The van der Waals surface area contributed by atoms with Gasteiger partial charge < -0.3 is 19.4 Å². The summed E-state index contributed by atoms with van der Waals surface area (Å²) in [6.45, 7) is 6.87. The van der Waals surface area contributed by atoms with Crippen LogP contribution in [0.5, 0.6) is 0 Å². The van der Waals surface area contributed by atoms with Crippen molar-refractivity contribution in [2.24, 2.45) is 0 Å². The Bertz CT molecular complexity index is 947. The number of aromatic nitrogens is 4. The summed E-state index contributed by atoms with van der Waals surface area (Å²) in [6.07, 6.45) is 3.33. The van der Waals surface area contributed by atoms with Gasteiger partial charge in [-0.3, -0.25) is 0 Å². The molecule has 8 nitrogen and oxygen atoms in total. The molecule has 0 bridgehead atoms. The van der Waals surface area contributed by atoms with Crippen LogP contribution in [0.25, 0.3) is 10.9 Å². The first-order chi connectivity index (χ1) is 13.9. The molecule has 5 rings (SSSR count). The summed E-state index contributed by atoms with van der Waals surface area (Å²) >= 11 is 0. The molecule has 0 radical (unpaired) electrons. The summed E-state index contributed by atoms with van der Waals surface area (Å²) in [5.74, 6) is 2.99. The van der Waals surface area contributed by atoms with Gasteiger partial charge in [0.25, 0.3) is 0 Å². The second-order valence-corrected chi connectivity index (χ2v) is 7.02. The molecule has 8 heteroatoms. The predicted molar refractivity (Wildman–Crippen MR) is 109 cm³/mol. The van der Waals surface area contributed by atoms with Crippen LogP contribution in [0.4, 0.5) is 17.5 Å². The highest BCUT2D eigenvalue weighted by molar-refractivity contribution is 5.89. The zero-order valence-electron chi connectivity index (χ0n) is 15.7. The van der Waals surface area contributed by atoms with E-state index in [0.717, 1.165) is 80.8 Å². The lowest BCUT2D eigenvalue weighted by atomic mass is 10.2. The third kappa shape index (κ3) is 3.31. The quantitative estimate of drug-likeness (QED) is 0.681. The largest absolute Gasteiger partial charge is 0.378 e. The van der Waals surface area contributed by atoms with Gasteiger partial charge in [0.15, 0.2) is 0 Å². The Morgan fingerprint density at radius 3 is 2.11 bits per heavy atom. The Labute approximate surface area is 163 Å². The van der Waals surface area contributed by atoms with Gasteiger partial charge in [-0.1, -0.05) is 12.1 Å². The number of para-hydroxylation sites is 1. The minimum atomic E-state index is 0.755. The van der Waals surface area contributed by atoms with E-state index < -0.39 is 0 Å². The number of hydrogen-bond donors (Lipinski definition) is 0. The van der Waals surface area contributed by atoms with Gasteiger partial charge in [-0.15, -0.1) is 0 Å². The van der Waals surface area contributed by atoms with E-state index in [1.807, 2.05) is 18.2 Å². The Balaban J connectivity index is 1.31. The van der Waals surface area contributed by atoms with Gasteiger partial charge in [0.1, 0.15) is 30.1 Å². The van der Waals surface area contributed by atoms with Gasteiger partial charge in [0, 0.05) is 50.7 Å². The summed E-state index contributed by atoms with van der Waals surface area (Å²) < 4.78 is 5.44. The second-order valence-electron chi connectivity index (χ2n) is 7.02. The van der Waals surface area contributed by atoms with Gasteiger partial charge in [0.05, 0.1) is 18.7 Å². The molecule has 2 aromatic heterocycles. The van der Waals surface area contributed by atoms with Crippen molar-refractivity contribution in [3.8, 4) is 0 Å². The van der Waals surface area contributed by atoms with Crippen LogP contribution in [0.3, 0.4) is 0 Å². The van der Waals surface area contributed by atoms with E-state index in [1.54, 1.807) is 12.7 Å². The van der Waals surface area contributed by atoms with Crippen molar-refractivity contribution >= 4 is 28.4 Å². The fourth-order valence-electron chi connectivity index (χ4n) is 3.87. The number of nitrogens with zero attached hydrogens (tertiary/aromatic N) is 7. The molecule has 0 unspecified atom stereocenters. The van der Waals surface area contributed by atoms with Crippen LogP contribution < -0.4 is 14.7 Å². The van der Waals surface area contributed by atoms with Gasteiger partial charge in [-0.25, -0.2) is 19.9 Å². The molecule has 2 saturated heterocycles. The smallest absolute Gasteiger partial charge is 0.140 e. The van der Waals surface area contributed by atoms with E-state index in [-0.39, 0.29) is 0 Å². The highest BCUT2D eigenvalue weighted by Crippen LogP contribution is 2.25. The Hall–Kier alpha value is -3.00. The fraction of sp³-hybridized carbons (Fsp3) is 0.400. The Morgan fingerprint density at radius 2 is 1.32 bits per heavy atom. The first-order valence-electron chi connectivity index (χ1n) is 9.73. The minimum absolute atomic E-state index is 0.755. The average Bonchev–Trinajstić information content (AvgIpc) is 2.79. The second kappa shape index (κ2) is 7.55. The van der Waals surface area contributed by atoms with Crippen LogP contribution >= 0.6 is 0 Å². The molecule has 0 N–H and O–H groups in total. The Morgan fingerprint density at radius 1 is 0.679 bits per heavy atom. The average molecular weight is 377 g/mol. The molecule has 2 aliphatic heterocycles. The summed E-state index contributed by atoms with van der Waals surface area (Å²) in [4.78, 5) is 24.8. The van der Waals surface area contributed by atoms with Crippen LogP contribution in [-0.4, -0.2) is 72.4 Å². The molecule has 28 heavy (non-hydrogen) atoms. The van der Waals surface area contributed by atoms with Crippen LogP contribution in [-0.2, 0) is 4.74 Å². The molecule has 3 aromatic rings. The molecule has 144 valence electrons. The maximum atomic E-state index is 5.44. The van der Waals surface area contributed by atoms with Crippen LogP contribution in [0.1, 0.15) is 0 Å². The molecule has 0 aliphatic carbocycles. The molecular weight excluding hydrogens is 354 g/mol. The summed E-state index contributed by atoms with van der Waals surface area (Å²) in [5.41, 5.74) is 0.987. The maximum absolute atomic E-state index is 5.44. The number of ether oxygens (including phenoxy) is 1. The van der Waals surface area contributed by atoms with Gasteiger partial charge in [0.2, 0.25) is 0 Å². The normalized spacial score (nSPS) is 17.9. The van der Waals surface area contributed by atoms with Crippen molar-refractivity contribution in [2.75, 3.05) is 67.2 Å². The molecule has 0 saturated carbocycles. The third-order valence-electron chi connectivity index (χ3n) is 5.40. The molecule has 2 fully saturated rings. The van der Waals surface area contributed by atoms with Crippen molar-refractivity contribution in [1.82, 2.24) is 19.9 Å². The van der Waals surface area contributed by atoms with Crippen LogP contribution in [0.2, 0.25) is 0 Å². The first kappa shape index (κ1) is 17.1. The number of fused-ring (bicyclic) bond motifs is 1. The standard InChI is InChI=1S/C20H23N7O/c1-2-4-17-16(3-1)20(24-14-21-17)27-7-5-25(6-8-27)18-13-19(23-15-22-18)26-9-11-28-12-10-26/h1-4,13-15H,5-12H2. The number of morpholine rings is 1. The van der Waals surface area contributed by atoms with Crippen molar-refractivity contribution in [2.45, 2.75) is 0 Å². The van der Waals surface area contributed by atoms with Crippen molar-refractivity contribution in [1.29, 1.82) is 0 Å². The van der Waals surface area contributed by atoms with E-state index in [1.165, 1.54) is 0 Å². The highest BCUT2D eigenvalue weighted by Gasteiger charge is 2.22. The SMILES string of the molecule is c1ccc2c(N3CCN(c4cc(N5CCOCC5)ncn4)CC3)ncnc2c1. The number of piperazine rings is 1.